The second-order valence-electron chi connectivity index (χ2n) is 4.66. The van der Waals surface area contributed by atoms with Crippen LogP contribution in [0.15, 0.2) is 59.5 Å². The van der Waals surface area contributed by atoms with Crippen molar-refractivity contribution in [2.75, 3.05) is 5.75 Å². The molecule has 0 radical (unpaired) electrons. The average Bonchev–Trinajstić information content (AvgIpc) is 2.48. The molecule has 0 fully saturated rings. The van der Waals surface area contributed by atoms with E-state index >= 15 is 0 Å². The molecule has 0 aliphatic carbocycles. The molecule has 1 unspecified atom stereocenters. The van der Waals surface area contributed by atoms with E-state index < -0.39 is 0 Å². The Balaban J connectivity index is 1.80. The Morgan fingerprint density at radius 3 is 2.60 bits per heavy atom. The molecule has 0 saturated carbocycles. The second-order valence-corrected chi connectivity index (χ2v) is 6.19. The zero-order valence-corrected chi connectivity index (χ0v) is 12.8. The number of hydrogen-bond donors (Lipinski definition) is 2. The molecule has 3 N–H and O–H groups in total. The summed E-state index contributed by atoms with van der Waals surface area (Å²) in [5, 5.41) is 0.775. The fourth-order valence-corrected chi connectivity index (χ4v) is 3.25. The van der Waals surface area contributed by atoms with E-state index in [4.69, 9.17) is 17.4 Å². The molecule has 2 nitrogen and oxygen atoms in total. The molecular weight excluding hydrogens is 288 g/mol. The molecule has 0 spiro atoms. The van der Waals surface area contributed by atoms with Gasteiger partial charge in [0.1, 0.15) is 0 Å². The van der Waals surface area contributed by atoms with Crippen molar-refractivity contribution in [1.82, 2.24) is 5.43 Å². The molecule has 0 aliphatic heterocycles. The number of nitrogens with two attached hydrogens (primary N) is 1. The van der Waals surface area contributed by atoms with E-state index in [-0.39, 0.29) is 0 Å². The number of thioether (sulfide) groups is 1. The van der Waals surface area contributed by atoms with Gasteiger partial charge in [0, 0.05) is 21.7 Å². The van der Waals surface area contributed by atoms with Crippen molar-refractivity contribution < 1.29 is 0 Å². The molecule has 0 bridgehead atoms. The van der Waals surface area contributed by atoms with Gasteiger partial charge < -0.3 is 0 Å². The van der Waals surface area contributed by atoms with Crippen LogP contribution in [0.2, 0.25) is 5.02 Å². The SMILES string of the molecule is NNC(CCc1ccccc1)CSc1cccc(Cl)c1. The highest BCUT2D eigenvalue weighted by atomic mass is 35.5. The molecule has 106 valence electrons. The highest BCUT2D eigenvalue weighted by Crippen LogP contribution is 2.23. The lowest BCUT2D eigenvalue weighted by atomic mass is 10.1. The molecule has 0 heterocycles. The van der Waals surface area contributed by atoms with E-state index in [9.17, 15) is 0 Å². The third kappa shape index (κ3) is 5.17. The van der Waals surface area contributed by atoms with Gasteiger partial charge in [-0.2, -0.15) is 0 Å². The molecule has 2 aromatic carbocycles. The number of hydrogen-bond acceptors (Lipinski definition) is 3. The monoisotopic (exact) mass is 306 g/mol. The van der Waals surface area contributed by atoms with Gasteiger partial charge in [0.25, 0.3) is 0 Å². The molecule has 1 atom stereocenters. The topological polar surface area (TPSA) is 38.0 Å². The van der Waals surface area contributed by atoms with Crippen molar-refractivity contribution in [2.45, 2.75) is 23.8 Å². The van der Waals surface area contributed by atoms with Gasteiger partial charge in [0.2, 0.25) is 0 Å². The first-order valence-electron chi connectivity index (χ1n) is 6.66. The van der Waals surface area contributed by atoms with Gasteiger partial charge in [0.05, 0.1) is 0 Å². The van der Waals surface area contributed by atoms with Gasteiger partial charge >= 0.3 is 0 Å². The normalized spacial score (nSPS) is 12.3. The Hall–Kier alpha value is -1.00. The van der Waals surface area contributed by atoms with E-state index in [1.165, 1.54) is 10.5 Å². The van der Waals surface area contributed by atoms with Crippen LogP contribution in [0.5, 0.6) is 0 Å². The van der Waals surface area contributed by atoms with Crippen LogP contribution in [0.1, 0.15) is 12.0 Å². The number of rotatable bonds is 7. The van der Waals surface area contributed by atoms with Crippen molar-refractivity contribution in [3.05, 3.63) is 65.2 Å². The van der Waals surface area contributed by atoms with Gasteiger partial charge in [-0.05, 0) is 36.6 Å². The largest absolute Gasteiger partial charge is 0.271 e. The Morgan fingerprint density at radius 1 is 1.10 bits per heavy atom. The van der Waals surface area contributed by atoms with E-state index in [1.807, 2.05) is 24.3 Å². The van der Waals surface area contributed by atoms with Gasteiger partial charge in [-0.3, -0.25) is 11.3 Å². The first-order valence-corrected chi connectivity index (χ1v) is 8.02. The number of benzene rings is 2. The lowest BCUT2D eigenvalue weighted by molar-refractivity contribution is 0.539. The van der Waals surface area contributed by atoms with E-state index in [2.05, 4.69) is 35.8 Å². The second kappa shape index (κ2) is 8.32. The van der Waals surface area contributed by atoms with Gasteiger partial charge in [0.15, 0.2) is 0 Å². The molecule has 2 rings (SSSR count). The quantitative estimate of drug-likeness (QED) is 0.463. The van der Waals surface area contributed by atoms with E-state index in [0.29, 0.717) is 6.04 Å². The summed E-state index contributed by atoms with van der Waals surface area (Å²) in [6.07, 6.45) is 2.06. The van der Waals surface area contributed by atoms with Crippen molar-refractivity contribution in [1.29, 1.82) is 0 Å². The average molecular weight is 307 g/mol. The third-order valence-corrected chi connectivity index (χ3v) is 4.50. The van der Waals surface area contributed by atoms with Crippen LogP contribution < -0.4 is 11.3 Å². The molecular formula is C16H19ClN2S. The summed E-state index contributed by atoms with van der Waals surface area (Å²) < 4.78 is 0. The maximum Gasteiger partial charge on any atom is 0.0417 e. The maximum absolute atomic E-state index is 5.98. The fourth-order valence-electron chi connectivity index (χ4n) is 1.95. The molecule has 0 saturated heterocycles. The van der Waals surface area contributed by atoms with Crippen molar-refractivity contribution in [3.8, 4) is 0 Å². The van der Waals surface area contributed by atoms with Gasteiger partial charge in [-0.15, -0.1) is 11.8 Å². The first-order chi connectivity index (χ1) is 9.78. The maximum atomic E-state index is 5.98. The summed E-state index contributed by atoms with van der Waals surface area (Å²) >= 11 is 7.76. The Labute approximate surface area is 129 Å². The number of halogens is 1. The Kier molecular flexibility index (Phi) is 6.40. The van der Waals surface area contributed by atoms with Crippen LogP contribution in [-0.4, -0.2) is 11.8 Å². The number of nitrogens with one attached hydrogen (secondary N) is 1. The van der Waals surface area contributed by atoms with Crippen LogP contribution in [-0.2, 0) is 6.42 Å². The number of hydrazine groups is 1. The lowest BCUT2D eigenvalue weighted by Crippen LogP contribution is -2.37. The summed E-state index contributed by atoms with van der Waals surface area (Å²) in [5.41, 5.74) is 4.25. The van der Waals surface area contributed by atoms with Crippen molar-refractivity contribution in [3.63, 3.8) is 0 Å². The van der Waals surface area contributed by atoms with Crippen molar-refractivity contribution >= 4 is 23.4 Å². The molecule has 20 heavy (non-hydrogen) atoms. The smallest absolute Gasteiger partial charge is 0.0417 e. The fraction of sp³-hybridized carbons (Fsp3) is 0.250. The Bertz CT molecular complexity index is 519. The zero-order valence-electron chi connectivity index (χ0n) is 11.3. The summed E-state index contributed by atoms with van der Waals surface area (Å²) in [6, 6.07) is 18.7. The van der Waals surface area contributed by atoms with E-state index in [0.717, 1.165) is 23.6 Å². The van der Waals surface area contributed by atoms with Crippen LogP contribution in [0.3, 0.4) is 0 Å². The molecule has 4 heteroatoms. The zero-order chi connectivity index (χ0) is 14.2. The summed E-state index contributed by atoms with van der Waals surface area (Å²) in [7, 11) is 0. The van der Waals surface area contributed by atoms with Crippen LogP contribution in [0, 0.1) is 0 Å². The Morgan fingerprint density at radius 2 is 1.90 bits per heavy atom. The first kappa shape index (κ1) is 15.4. The molecule has 2 aromatic rings. The van der Waals surface area contributed by atoms with Crippen molar-refractivity contribution in [2.24, 2.45) is 5.84 Å². The molecule has 0 aliphatic rings. The van der Waals surface area contributed by atoms with Gasteiger partial charge in [-0.1, -0.05) is 48.0 Å². The van der Waals surface area contributed by atoms with E-state index in [1.54, 1.807) is 11.8 Å². The molecule has 0 aromatic heterocycles. The van der Waals surface area contributed by atoms with Crippen LogP contribution in [0.25, 0.3) is 0 Å². The van der Waals surface area contributed by atoms with Crippen LogP contribution >= 0.6 is 23.4 Å². The predicted octanol–water partition coefficient (Wildman–Crippen LogP) is 3.90. The number of aryl methyl sites for hydroxylation is 1. The highest BCUT2D eigenvalue weighted by molar-refractivity contribution is 7.99. The lowest BCUT2D eigenvalue weighted by Gasteiger charge is -2.15. The molecule has 0 amide bonds. The van der Waals surface area contributed by atoms with Crippen LogP contribution in [0.4, 0.5) is 0 Å². The summed E-state index contributed by atoms with van der Waals surface area (Å²) in [5.74, 6) is 6.58. The standard InChI is InChI=1S/C16H19ClN2S/c17-14-7-4-8-16(11-14)20-12-15(19-18)10-9-13-5-2-1-3-6-13/h1-8,11,15,19H,9-10,12,18H2. The minimum absolute atomic E-state index is 0.291. The summed E-state index contributed by atoms with van der Waals surface area (Å²) in [4.78, 5) is 1.18. The highest BCUT2D eigenvalue weighted by Gasteiger charge is 2.08. The minimum Gasteiger partial charge on any atom is -0.271 e. The summed E-state index contributed by atoms with van der Waals surface area (Å²) in [6.45, 7) is 0. The minimum atomic E-state index is 0.291. The third-order valence-electron chi connectivity index (χ3n) is 3.11. The predicted molar refractivity (Wildman–Crippen MR) is 88.1 cm³/mol. The van der Waals surface area contributed by atoms with Gasteiger partial charge in [-0.25, -0.2) is 0 Å².